The lowest BCUT2D eigenvalue weighted by atomic mass is 10.3. The summed E-state index contributed by atoms with van der Waals surface area (Å²) in [4.78, 5) is 14.8. The van der Waals surface area contributed by atoms with Crippen molar-refractivity contribution < 1.29 is 9.76 Å². The van der Waals surface area contributed by atoms with Crippen LogP contribution in [0.4, 0.5) is 11.4 Å². The van der Waals surface area contributed by atoms with Crippen LogP contribution in [0.25, 0.3) is 0 Å². The number of hydrogen-bond acceptors (Lipinski definition) is 4. The molecule has 1 aromatic rings. The van der Waals surface area contributed by atoms with Crippen molar-refractivity contribution in [3.05, 3.63) is 34.4 Å². The van der Waals surface area contributed by atoms with Gasteiger partial charge >= 0.3 is 0 Å². The zero-order chi connectivity index (χ0) is 9.84. The summed E-state index contributed by atoms with van der Waals surface area (Å²) in [7, 11) is 3.25. The zero-order valence-corrected chi connectivity index (χ0v) is 7.43. The van der Waals surface area contributed by atoms with E-state index in [0.29, 0.717) is 0 Å². The summed E-state index contributed by atoms with van der Waals surface area (Å²) in [6, 6.07) is 6.12. The van der Waals surface area contributed by atoms with Crippen molar-refractivity contribution >= 4 is 11.4 Å². The van der Waals surface area contributed by atoms with Gasteiger partial charge in [0.05, 0.1) is 17.7 Å². The minimum Gasteiger partial charge on any atom is -0.277 e. The van der Waals surface area contributed by atoms with Crippen LogP contribution in [0.15, 0.2) is 24.3 Å². The van der Waals surface area contributed by atoms with E-state index in [4.69, 9.17) is 4.84 Å². The molecule has 5 nitrogen and oxygen atoms in total. The van der Waals surface area contributed by atoms with Gasteiger partial charge in [-0.05, 0) is 12.1 Å². The molecule has 0 heterocycles. The van der Waals surface area contributed by atoms with Crippen molar-refractivity contribution in [1.29, 1.82) is 0 Å². The Hall–Kier alpha value is -1.62. The first kappa shape index (κ1) is 9.47. The van der Waals surface area contributed by atoms with Crippen LogP contribution in [-0.4, -0.2) is 19.1 Å². The summed E-state index contributed by atoms with van der Waals surface area (Å²) in [5, 5.41) is 11.8. The van der Waals surface area contributed by atoms with Crippen molar-refractivity contribution in [1.82, 2.24) is 0 Å². The van der Waals surface area contributed by atoms with Crippen LogP contribution in [-0.2, 0) is 4.84 Å². The lowest BCUT2D eigenvalue weighted by molar-refractivity contribution is -0.384. The summed E-state index contributed by atoms with van der Waals surface area (Å²) >= 11 is 0. The minimum absolute atomic E-state index is 0.0771. The number of nitrogens with zero attached hydrogens (tertiary/aromatic N) is 2. The predicted molar refractivity (Wildman–Crippen MR) is 48.5 cm³/mol. The average molecular weight is 182 g/mol. The maximum atomic E-state index is 10.3. The van der Waals surface area contributed by atoms with E-state index in [1.165, 1.54) is 24.3 Å². The second kappa shape index (κ2) is 3.86. The van der Waals surface area contributed by atoms with Crippen molar-refractivity contribution in [2.24, 2.45) is 0 Å². The van der Waals surface area contributed by atoms with Crippen molar-refractivity contribution in [2.75, 3.05) is 19.2 Å². The maximum Gasteiger partial charge on any atom is 0.269 e. The number of nitro groups is 1. The highest BCUT2D eigenvalue weighted by atomic mass is 16.7. The van der Waals surface area contributed by atoms with Crippen LogP contribution < -0.4 is 5.06 Å². The van der Waals surface area contributed by atoms with Gasteiger partial charge < -0.3 is 0 Å². The summed E-state index contributed by atoms with van der Waals surface area (Å²) in [6.07, 6.45) is 0. The quantitative estimate of drug-likeness (QED) is 0.526. The Kier molecular flexibility index (Phi) is 2.81. The second-order valence-corrected chi connectivity index (χ2v) is 2.45. The van der Waals surface area contributed by atoms with Gasteiger partial charge in [-0.1, -0.05) is 0 Å². The Morgan fingerprint density at radius 2 is 1.92 bits per heavy atom. The fourth-order valence-corrected chi connectivity index (χ4v) is 0.890. The van der Waals surface area contributed by atoms with E-state index in [1.807, 2.05) is 0 Å². The fourth-order valence-electron chi connectivity index (χ4n) is 0.890. The zero-order valence-electron chi connectivity index (χ0n) is 7.43. The van der Waals surface area contributed by atoms with Gasteiger partial charge in [-0.15, -0.1) is 0 Å². The Bertz CT molecular complexity index is 297. The third-order valence-electron chi connectivity index (χ3n) is 1.70. The van der Waals surface area contributed by atoms with E-state index in [0.717, 1.165) is 5.69 Å². The smallest absolute Gasteiger partial charge is 0.269 e. The Balaban J connectivity index is 2.87. The molecule has 0 saturated carbocycles. The number of benzene rings is 1. The lowest BCUT2D eigenvalue weighted by Gasteiger charge is -2.14. The minimum atomic E-state index is -0.434. The molecule has 5 heteroatoms. The standard InChI is InChI=1S/C8H10N2O3/c1-9(13-2)7-3-5-8(6-4-7)10(11)12/h3-6H,1-2H3. The highest BCUT2D eigenvalue weighted by Gasteiger charge is 2.05. The fraction of sp³-hybridized carbons (Fsp3) is 0.250. The van der Waals surface area contributed by atoms with E-state index in [-0.39, 0.29) is 5.69 Å². The molecule has 0 aliphatic heterocycles. The molecular weight excluding hydrogens is 172 g/mol. The monoisotopic (exact) mass is 182 g/mol. The van der Waals surface area contributed by atoms with E-state index in [9.17, 15) is 10.1 Å². The van der Waals surface area contributed by atoms with Gasteiger partial charge in [0, 0.05) is 19.2 Å². The molecule has 70 valence electrons. The molecule has 0 aromatic heterocycles. The van der Waals surface area contributed by atoms with E-state index in [1.54, 1.807) is 19.2 Å². The van der Waals surface area contributed by atoms with Gasteiger partial charge in [0.25, 0.3) is 5.69 Å². The van der Waals surface area contributed by atoms with Crippen LogP contribution >= 0.6 is 0 Å². The third-order valence-corrected chi connectivity index (χ3v) is 1.70. The number of rotatable bonds is 3. The van der Waals surface area contributed by atoms with Crippen molar-refractivity contribution in [3.8, 4) is 0 Å². The molecule has 13 heavy (non-hydrogen) atoms. The van der Waals surface area contributed by atoms with Crippen LogP contribution in [0, 0.1) is 10.1 Å². The number of non-ortho nitro benzene ring substituents is 1. The van der Waals surface area contributed by atoms with Crippen LogP contribution in [0.1, 0.15) is 0 Å². The van der Waals surface area contributed by atoms with Gasteiger partial charge in [-0.2, -0.15) is 0 Å². The first-order valence-electron chi connectivity index (χ1n) is 3.67. The van der Waals surface area contributed by atoms with E-state index < -0.39 is 4.92 Å². The molecule has 1 rings (SSSR count). The molecule has 0 unspecified atom stereocenters. The first-order valence-corrected chi connectivity index (χ1v) is 3.67. The second-order valence-electron chi connectivity index (χ2n) is 2.45. The summed E-state index contributed by atoms with van der Waals surface area (Å²) < 4.78 is 0. The molecule has 0 N–H and O–H groups in total. The molecule has 1 aromatic carbocycles. The summed E-state index contributed by atoms with van der Waals surface area (Å²) in [5.41, 5.74) is 0.848. The number of hydrogen-bond donors (Lipinski definition) is 0. The van der Waals surface area contributed by atoms with Gasteiger partial charge in [0.2, 0.25) is 0 Å². The number of nitro benzene ring substituents is 1. The lowest BCUT2D eigenvalue weighted by Crippen LogP contribution is -2.14. The normalized spacial score (nSPS) is 9.69. The Labute approximate surface area is 75.6 Å². The van der Waals surface area contributed by atoms with E-state index >= 15 is 0 Å². The highest BCUT2D eigenvalue weighted by Crippen LogP contribution is 2.17. The molecule has 0 spiro atoms. The third kappa shape index (κ3) is 2.16. The molecule has 0 aliphatic carbocycles. The molecule has 0 aliphatic rings. The Morgan fingerprint density at radius 3 is 2.31 bits per heavy atom. The van der Waals surface area contributed by atoms with Gasteiger partial charge in [-0.25, -0.2) is 0 Å². The summed E-state index contributed by atoms with van der Waals surface area (Å²) in [5.74, 6) is 0. The van der Waals surface area contributed by atoms with Crippen LogP contribution in [0.3, 0.4) is 0 Å². The van der Waals surface area contributed by atoms with Crippen molar-refractivity contribution in [3.63, 3.8) is 0 Å². The molecule has 0 bridgehead atoms. The average Bonchev–Trinajstić information content (AvgIpc) is 2.17. The summed E-state index contributed by atoms with van der Waals surface area (Å²) in [6.45, 7) is 0. The molecule has 0 atom stereocenters. The SMILES string of the molecule is CON(C)c1ccc([N+](=O)[O-])cc1. The maximum absolute atomic E-state index is 10.3. The number of anilines is 1. The predicted octanol–water partition coefficient (Wildman–Crippen LogP) is 1.59. The largest absolute Gasteiger partial charge is 0.277 e. The van der Waals surface area contributed by atoms with Gasteiger partial charge in [0.1, 0.15) is 0 Å². The highest BCUT2D eigenvalue weighted by molar-refractivity contribution is 5.48. The number of hydroxylamine groups is 1. The molecule has 0 saturated heterocycles. The van der Waals surface area contributed by atoms with Crippen LogP contribution in [0.2, 0.25) is 0 Å². The van der Waals surface area contributed by atoms with Crippen LogP contribution in [0.5, 0.6) is 0 Å². The van der Waals surface area contributed by atoms with Crippen molar-refractivity contribution in [2.45, 2.75) is 0 Å². The van der Waals surface area contributed by atoms with Gasteiger partial charge in [-0.3, -0.25) is 20.0 Å². The topological polar surface area (TPSA) is 55.6 Å². The molecule has 0 radical (unpaired) electrons. The molecule has 0 amide bonds. The van der Waals surface area contributed by atoms with Gasteiger partial charge in [0.15, 0.2) is 0 Å². The first-order chi connectivity index (χ1) is 6.15. The molecular formula is C8H10N2O3. The Morgan fingerprint density at radius 1 is 1.38 bits per heavy atom. The van der Waals surface area contributed by atoms with E-state index in [2.05, 4.69) is 0 Å². The molecule has 0 fully saturated rings.